The summed E-state index contributed by atoms with van der Waals surface area (Å²) in [6.07, 6.45) is 6.95. The zero-order valence-electron chi connectivity index (χ0n) is 17.9. The van der Waals surface area contributed by atoms with Crippen molar-refractivity contribution in [3.05, 3.63) is 52.7 Å². The van der Waals surface area contributed by atoms with Gasteiger partial charge in [-0.15, -0.1) is 0 Å². The number of ether oxygens (including phenoxy) is 2. The minimum absolute atomic E-state index is 0.211. The number of nitrogens with zero attached hydrogens (tertiary/aromatic N) is 2. The second-order valence-corrected chi connectivity index (χ2v) is 9.77. The number of aromatic hydroxyl groups is 1. The van der Waals surface area contributed by atoms with Gasteiger partial charge >= 0.3 is 0 Å². The van der Waals surface area contributed by atoms with E-state index >= 15 is 0 Å². The molecule has 4 aliphatic heterocycles. The van der Waals surface area contributed by atoms with Crippen LogP contribution in [0, 0.1) is 0 Å². The maximum atomic E-state index is 12.9. The Hall–Kier alpha value is -2.80. The second kappa shape index (κ2) is 6.13. The molecule has 4 heterocycles. The number of hydrogen-bond donors (Lipinski definition) is 2. The van der Waals surface area contributed by atoms with Gasteiger partial charge in [-0.25, -0.2) is 0 Å². The Morgan fingerprint density at radius 1 is 1.13 bits per heavy atom. The van der Waals surface area contributed by atoms with Gasteiger partial charge in [0.1, 0.15) is 11.4 Å². The molecule has 1 amide bonds. The lowest BCUT2D eigenvalue weighted by Gasteiger charge is -2.41. The fourth-order valence-corrected chi connectivity index (χ4v) is 5.87. The number of amidine groups is 1. The maximum absolute atomic E-state index is 12.9. The van der Waals surface area contributed by atoms with Crippen LogP contribution in [0.4, 0.5) is 0 Å². The van der Waals surface area contributed by atoms with Crippen molar-refractivity contribution < 1.29 is 19.4 Å². The molecule has 162 valence electrons. The molecule has 0 aromatic heterocycles. The van der Waals surface area contributed by atoms with Crippen molar-refractivity contribution in [1.29, 1.82) is 0 Å². The topological polar surface area (TPSA) is 83.4 Å². The molecule has 0 radical (unpaired) electrons. The molecule has 1 saturated heterocycles. The lowest BCUT2D eigenvalue weighted by atomic mass is 9.83. The number of amides is 1. The number of carbonyl (C=O) groups excluding carboxylic acids is 1. The van der Waals surface area contributed by atoms with Gasteiger partial charge in [-0.3, -0.25) is 4.79 Å². The summed E-state index contributed by atoms with van der Waals surface area (Å²) in [7, 11) is 0. The van der Waals surface area contributed by atoms with Gasteiger partial charge in [-0.05, 0) is 49.9 Å². The first-order chi connectivity index (χ1) is 14.8. The van der Waals surface area contributed by atoms with Gasteiger partial charge in [0.15, 0.2) is 0 Å². The Morgan fingerprint density at radius 2 is 1.90 bits per heavy atom. The molecule has 7 heteroatoms. The molecule has 2 N–H and O–H groups in total. The van der Waals surface area contributed by atoms with Crippen LogP contribution in [-0.2, 0) is 27.1 Å². The Labute approximate surface area is 181 Å². The minimum Gasteiger partial charge on any atom is -0.508 e. The number of likely N-dealkylation sites (tertiary alicyclic amines) is 1. The number of phenols is 1. The molecule has 1 atom stereocenters. The highest BCUT2D eigenvalue weighted by atomic mass is 16.5. The monoisotopic (exact) mass is 421 g/mol. The molecule has 0 saturated carbocycles. The Balaban J connectivity index is 1.19. The molecule has 0 bridgehead atoms. The summed E-state index contributed by atoms with van der Waals surface area (Å²) in [6, 6.07) is 5.68. The van der Waals surface area contributed by atoms with Crippen LogP contribution in [-0.4, -0.2) is 58.4 Å². The number of rotatable bonds is 0. The fourth-order valence-electron chi connectivity index (χ4n) is 5.87. The van der Waals surface area contributed by atoms with E-state index in [1.165, 1.54) is 11.3 Å². The molecule has 1 fully saturated rings. The minimum atomic E-state index is -0.960. The summed E-state index contributed by atoms with van der Waals surface area (Å²) in [6.45, 7) is 6.52. The summed E-state index contributed by atoms with van der Waals surface area (Å²) < 4.78 is 12.9. The first-order valence-electron chi connectivity index (χ1n) is 11.0. The molecule has 1 aliphatic carbocycles. The van der Waals surface area contributed by atoms with E-state index in [1.807, 2.05) is 6.07 Å². The van der Waals surface area contributed by atoms with Crippen LogP contribution in [0.2, 0.25) is 0 Å². The zero-order chi connectivity index (χ0) is 21.4. The average Bonchev–Trinajstić information content (AvgIpc) is 3.33. The highest BCUT2D eigenvalue weighted by Gasteiger charge is 2.55. The maximum Gasteiger partial charge on any atom is 0.296 e. The molecule has 2 spiro atoms. The SMILES string of the molecule is CC1(C)OC2(CCN(C3=NC(=O)C4(Cc5ccc(O)cc5C4)O3)CC2)C2=C1NCC=C2. The number of aliphatic imine (C=N–C) groups is 1. The van der Waals surface area contributed by atoms with Gasteiger partial charge < -0.3 is 24.8 Å². The highest BCUT2D eigenvalue weighted by molar-refractivity contribution is 6.02. The molecule has 1 aromatic carbocycles. The normalized spacial score (nSPS) is 29.8. The molecule has 31 heavy (non-hydrogen) atoms. The van der Waals surface area contributed by atoms with E-state index in [-0.39, 0.29) is 22.9 Å². The molecule has 7 nitrogen and oxygen atoms in total. The van der Waals surface area contributed by atoms with Gasteiger partial charge in [0.25, 0.3) is 11.9 Å². The number of benzene rings is 1. The van der Waals surface area contributed by atoms with E-state index in [9.17, 15) is 9.90 Å². The van der Waals surface area contributed by atoms with Crippen molar-refractivity contribution in [3.8, 4) is 5.75 Å². The average molecular weight is 421 g/mol. The molecule has 5 aliphatic rings. The van der Waals surface area contributed by atoms with Crippen molar-refractivity contribution in [1.82, 2.24) is 10.2 Å². The molecular weight excluding hydrogens is 394 g/mol. The van der Waals surface area contributed by atoms with Crippen molar-refractivity contribution >= 4 is 11.9 Å². The number of phenolic OH excluding ortho intramolecular Hbond substituents is 1. The van der Waals surface area contributed by atoms with Gasteiger partial charge in [-0.2, -0.15) is 4.99 Å². The summed E-state index contributed by atoms with van der Waals surface area (Å²) >= 11 is 0. The summed E-state index contributed by atoms with van der Waals surface area (Å²) in [4.78, 5) is 19.3. The Kier molecular flexibility index (Phi) is 3.74. The Bertz CT molecular complexity index is 1080. The van der Waals surface area contributed by atoms with Crippen LogP contribution in [0.25, 0.3) is 0 Å². The van der Waals surface area contributed by atoms with Crippen molar-refractivity contribution in [2.24, 2.45) is 4.99 Å². The molecule has 1 unspecified atom stereocenters. The van der Waals surface area contributed by atoms with Gasteiger partial charge in [0.2, 0.25) is 5.60 Å². The highest BCUT2D eigenvalue weighted by Crippen LogP contribution is 2.48. The quantitative estimate of drug-likeness (QED) is 0.668. The van der Waals surface area contributed by atoms with E-state index in [4.69, 9.17) is 9.47 Å². The predicted octanol–water partition coefficient (Wildman–Crippen LogP) is 2.20. The third-order valence-corrected chi connectivity index (χ3v) is 7.35. The third-order valence-electron chi connectivity index (χ3n) is 7.35. The number of fused-ring (bicyclic) bond motifs is 2. The first-order valence-corrected chi connectivity index (χ1v) is 11.0. The summed E-state index contributed by atoms with van der Waals surface area (Å²) in [5, 5.41) is 13.3. The number of nitrogens with one attached hydrogen (secondary N) is 1. The predicted molar refractivity (Wildman–Crippen MR) is 115 cm³/mol. The van der Waals surface area contributed by atoms with Crippen LogP contribution in [0.15, 0.2) is 46.6 Å². The largest absolute Gasteiger partial charge is 0.508 e. The smallest absolute Gasteiger partial charge is 0.296 e. The number of piperidine rings is 1. The van der Waals surface area contributed by atoms with Crippen molar-refractivity contribution in [2.75, 3.05) is 19.6 Å². The van der Waals surface area contributed by atoms with Gasteiger partial charge in [0, 0.05) is 43.7 Å². The number of dihydropyridines is 1. The Morgan fingerprint density at radius 3 is 2.71 bits per heavy atom. The van der Waals surface area contributed by atoms with E-state index in [2.05, 4.69) is 41.2 Å². The lowest BCUT2D eigenvalue weighted by molar-refractivity contribution is -0.130. The standard InChI is InChI=1S/C24H27N3O4/c1-22(2)19-18(4-3-9-25-19)23(31-22)7-10-27(11-8-23)21-26-20(29)24(30-21)13-15-5-6-17(28)12-16(15)14-24/h3-6,12,25,28H,7-11,13-14H2,1-2H3. The number of carbonyl (C=O) groups is 1. The second-order valence-electron chi connectivity index (χ2n) is 9.77. The van der Waals surface area contributed by atoms with Crippen LogP contribution in [0.3, 0.4) is 0 Å². The van der Waals surface area contributed by atoms with Crippen LogP contribution < -0.4 is 5.32 Å². The first kappa shape index (κ1) is 18.9. The van der Waals surface area contributed by atoms with E-state index in [1.54, 1.807) is 12.1 Å². The van der Waals surface area contributed by atoms with Gasteiger partial charge in [0.05, 0.1) is 5.60 Å². The molecule has 6 rings (SSSR count). The van der Waals surface area contributed by atoms with E-state index in [0.717, 1.165) is 43.6 Å². The van der Waals surface area contributed by atoms with E-state index < -0.39 is 5.60 Å². The van der Waals surface area contributed by atoms with Crippen molar-refractivity contribution in [2.45, 2.75) is 56.3 Å². The van der Waals surface area contributed by atoms with Crippen LogP contribution >= 0.6 is 0 Å². The molecule has 1 aromatic rings. The summed E-state index contributed by atoms with van der Waals surface area (Å²) in [5.74, 6) is -0.00994. The van der Waals surface area contributed by atoms with E-state index in [0.29, 0.717) is 18.9 Å². The van der Waals surface area contributed by atoms with Gasteiger partial charge in [-0.1, -0.05) is 18.2 Å². The fraction of sp³-hybridized carbons (Fsp3) is 0.500. The molecular formula is C24H27N3O4. The van der Waals surface area contributed by atoms with Crippen LogP contribution in [0.5, 0.6) is 5.75 Å². The zero-order valence-corrected chi connectivity index (χ0v) is 17.9. The number of hydrogen-bond acceptors (Lipinski definition) is 6. The summed E-state index contributed by atoms with van der Waals surface area (Å²) in [5.41, 5.74) is 2.86. The van der Waals surface area contributed by atoms with Crippen LogP contribution in [0.1, 0.15) is 37.8 Å². The van der Waals surface area contributed by atoms with Crippen molar-refractivity contribution in [3.63, 3.8) is 0 Å². The third kappa shape index (κ3) is 2.69. The lowest BCUT2D eigenvalue weighted by Crippen LogP contribution is -2.50.